The molecular formula is C12H17F3N4O. The van der Waals surface area contributed by atoms with Gasteiger partial charge in [-0.1, -0.05) is 0 Å². The maximum Gasteiger partial charge on any atom is 0.451 e. The lowest BCUT2D eigenvalue weighted by Gasteiger charge is -2.29. The van der Waals surface area contributed by atoms with Crippen molar-refractivity contribution >= 4 is 5.82 Å². The quantitative estimate of drug-likeness (QED) is 0.923. The Morgan fingerprint density at radius 2 is 1.95 bits per heavy atom. The molecule has 2 heterocycles. The second-order valence-corrected chi connectivity index (χ2v) is 4.78. The lowest BCUT2D eigenvalue weighted by molar-refractivity contribution is -0.145. The lowest BCUT2D eigenvalue weighted by Crippen LogP contribution is -2.35. The Balaban J connectivity index is 2.14. The van der Waals surface area contributed by atoms with Crippen LogP contribution in [0.3, 0.4) is 0 Å². The summed E-state index contributed by atoms with van der Waals surface area (Å²) in [6, 6.07) is 1.38. The average molecular weight is 290 g/mol. The van der Waals surface area contributed by atoms with Crippen molar-refractivity contribution in [3.8, 4) is 5.88 Å². The summed E-state index contributed by atoms with van der Waals surface area (Å²) in [5, 5.41) is 2.58. The number of ether oxygens (including phenoxy) is 1. The lowest BCUT2D eigenvalue weighted by atomic mass is 10.1. The van der Waals surface area contributed by atoms with Gasteiger partial charge in [-0.2, -0.15) is 18.2 Å². The highest BCUT2D eigenvalue weighted by Gasteiger charge is 2.36. The second-order valence-electron chi connectivity index (χ2n) is 4.78. The van der Waals surface area contributed by atoms with E-state index in [9.17, 15) is 13.2 Å². The standard InChI is InChI=1S/C12H17F3N4O/c1-16-9-7-10(18-11(17-9)12(13,14)15)20-8-3-5-19(2)6-4-8/h7-8H,3-6H2,1-2H3,(H,16,17,18). The Kier molecular flexibility index (Phi) is 4.32. The molecule has 0 bridgehead atoms. The zero-order chi connectivity index (χ0) is 14.8. The van der Waals surface area contributed by atoms with Crippen LogP contribution < -0.4 is 10.1 Å². The molecule has 5 nitrogen and oxygen atoms in total. The zero-order valence-corrected chi connectivity index (χ0v) is 11.4. The van der Waals surface area contributed by atoms with Crippen molar-refractivity contribution in [2.75, 3.05) is 32.5 Å². The number of hydrogen-bond acceptors (Lipinski definition) is 5. The van der Waals surface area contributed by atoms with Crippen LogP contribution in [0.5, 0.6) is 5.88 Å². The van der Waals surface area contributed by atoms with E-state index in [0.29, 0.717) is 0 Å². The second kappa shape index (κ2) is 5.82. The van der Waals surface area contributed by atoms with E-state index in [1.165, 1.54) is 13.1 Å². The van der Waals surface area contributed by atoms with E-state index in [2.05, 4.69) is 20.2 Å². The highest BCUT2D eigenvalue weighted by molar-refractivity contribution is 5.38. The van der Waals surface area contributed by atoms with Gasteiger partial charge in [0.15, 0.2) is 0 Å². The fraction of sp³-hybridized carbons (Fsp3) is 0.667. The summed E-state index contributed by atoms with van der Waals surface area (Å²) < 4.78 is 43.7. The summed E-state index contributed by atoms with van der Waals surface area (Å²) in [6.07, 6.45) is -3.14. The maximum absolute atomic E-state index is 12.7. The van der Waals surface area contributed by atoms with Gasteiger partial charge < -0.3 is 15.0 Å². The molecule has 112 valence electrons. The maximum atomic E-state index is 12.7. The third kappa shape index (κ3) is 3.72. The van der Waals surface area contributed by atoms with Crippen LogP contribution in [0, 0.1) is 0 Å². The SMILES string of the molecule is CNc1cc(OC2CCN(C)CC2)nc(C(F)(F)F)n1. The first-order valence-corrected chi connectivity index (χ1v) is 6.37. The van der Waals surface area contributed by atoms with Crippen LogP contribution in [0.15, 0.2) is 6.07 Å². The molecule has 1 fully saturated rings. The van der Waals surface area contributed by atoms with Gasteiger partial charge in [-0.25, -0.2) is 4.98 Å². The van der Waals surface area contributed by atoms with E-state index < -0.39 is 12.0 Å². The first kappa shape index (κ1) is 14.8. The molecule has 0 unspecified atom stereocenters. The minimum atomic E-state index is -4.59. The van der Waals surface area contributed by atoms with Crippen molar-refractivity contribution in [3.63, 3.8) is 0 Å². The molecule has 0 saturated carbocycles. The van der Waals surface area contributed by atoms with Crippen LogP contribution in [-0.2, 0) is 6.18 Å². The fourth-order valence-corrected chi connectivity index (χ4v) is 2.01. The molecule has 1 aromatic heterocycles. The monoisotopic (exact) mass is 290 g/mol. The van der Waals surface area contributed by atoms with E-state index in [1.807, 2.05) is 7.05 Å². The van der Waals surface area contributed by atoms with Gasteiger partial charge in [0, 0.05) is 26.2 Å². The van der Waals surface area contributed by atoms with Gasteiger partial charge in [-0.05, 0) is 19.9 Å². The molecule has 2 rings (SSSR count). The van der Waals surface area contributed by atoms with Gasteiger partial charge in [-0.3, -0.25) is 0 Å². The van der Waals surface area contributed by atoms with Crippen LogP contribution in [0.1, 0.15) is 18.7 Å². The fourth-order valence-electron chi connectivity index (χ4n) is 2.01. The molecule has 1 aliphatic heterocycles. The van der Waals surface area contributed by atoms with E-state index in [1.54, 1.807) is 0 Å². The van der Waals surface area contributed by atoms with Crippen molar-refractivity contribution in [2.45, 2.75) is 25.1 Å². The van der Waals surface area contributed by atoms with Crippen LogP contribution in [-0.4, -0.2) is 48.2 Å². The number of rotatable bonds is 3. The number of likely N-dealkylation sites (tertiary alicyclic amines) is 1. The zero-order valence-electron chi connectivity index (χ0n) is 11.4. The predicted octanol–water partition coefficient (Wildman–Crippen LogP) is 2.01. The Bertz CT molecular complexity index is 459. The normalized spacial score (nSPS) is 18.1. The molecule has 1 aliphatic rings. The molecular weight excluding hydrogens is 273 g/mol. The first-order valence-electron chi connectivity index (χ1n) is 6.37. The summed E-state index contributed by atoms with van der Waals surface area (Å²) in [4.78, 5) is 9.00. The van der Waals surface area contributed by atoms with Gasteiger partial charge >= 0.3 is 6.18 Å². The number of alkyl halides is 3. The summed E-state index contributed by atoms with van der Waals surface area (Å²) >= 11 is 0. The number of nitrogens with one attached hydrogen (secondary N) is 1. The summed E-state index contributed by atoms with van der Waals surface area (Å²) in [6.45, 7) is 1.72. The van der Waals surface area contributed by atoms with Crippen LogP contribution in [0.2, 0.25) is 0 Å². The van der Waals surface area contributed by atoms with Gasteiger partial charge in [0.25, 0.3) is 0 Å². The minimum Gasteiger partial charge on any atom is -0.474 e. The van der Waals surface area contributed by atoms with Gasteiger partial charge in [0.05, 0.1) is 0 Å². The van der Waals surface area contributed by atoms with E-state index in [4.69, 9.17) is 4.74 Å². The van der Waals surface area contributed by atoms with Crippen molar-refractivity contribution in [1.29, 1.82) is 0 Å². The Morgan fingerprint density at radius 1 is 1.30 bits per heavy atom. The average Bonchev–Trinajstić information content (AvgIpc) is 2.40. The highest BCUT2D eigenvalue weighted by Crippen LogP contribution is 2.29. The molecule has 20 heavy (non-hydrogen) atoms. The highest BCUT2D eigenvalue weighted by atomic mass is 19.4. The van der Waals surface area contributed by atoms with Crippen molar-refractivity contribution in [2.24, 2.45) is 0 Å². The topological polar surface area (TPSA) is 50.3 Å². The van der Waals surface area contributed by atoms with E-state index >= 15 is 0 Å². The summed E-state index contributed by atoms with van der Waals surface area (Å²) in [5.41, 5.74) is 0. The largest absolute Gasteiger partial charge is 0.474 e. The molecule has 8 heteroatoms. The molecule has 0 aromatic carbocycles. The summed E-state index contributed by atoms with van der Waals surface area (Å²) in [7, 11) is 3.50. The molecule has 0 atom stereocenters. The summed E-state index contributed by atoms with van der Waals surface area (Å²) in [5.74, 6) is -1.13. The van der Waals surface area contributed by atoms with E-state index in [-0.39, 0.29) is 17.8 Å². The number of hydrogen-bond donors (Lipinski definition) is 1. The van der Waals surface area contributed by atoms with Gasteiger partial charge in [0.2, 0.25) is 11.7 Å². The smallest absolute Gasteiger partial charge is 0.451 e. The number of anilines is 1. The Morgan fingerprint density at radius 3 is 2.50 bits per heavy atom. The van der Waals surface area contributed by atoms with E-state index in [0.717, 1.165) is 25.9 Å². The Labute approximate surface area is 115 Å². The van der Waals surface area contributed by atoms with Crippen molar-refractivity contribution < 1.29 is 17.9 Å². The predicted molar refractivity (Wildman–Crippen MR) is 67.7 cm³/mol. The third-order valence-corrected chi connectivity index (χ3v) is 3.17. The molecule has 1 N–H and O–H groups in total. The molecule has 0 radical (unpaired) electrons. The van der Waals surface area contributed by atoms with Crippen molar-refractivity contribution in [3.05, 3.63) is 11.9 Å². The van der Waals surface area contributed by atoms with Gasteiger partial charge in [0.1, 0.15) is 11.9 Å². The third-order valence-electron chi connectivity index (χ3n) is 3.17. The molecule has 0 amide bonds. The Hall–Kier alpha value is -1.57. The first-order chi connectivity index (χ1) is 9.38. The number of piperidine rings is 1. The number of aromatic nitrogens is 2. The van der Waals surface area contributed by atoms with Crippen LogP contribution in [0.4, 0.5) is 19.0 Å². The molecule has 1 saturated heterocycles. The van der Waals surface area contributed by atoms with Crippen LogP contribution in [0.25, 0.3) is 0 Å². The van der Waals surface area contributed by atoms with Gasteiger partial charge in [-0.15, -0.1) is 0 Å². The van der Waals surface area contributed by atoms with Crippen molar-refractivity contribution in [1.82, 2.24) is 14.9 Å². The molecule has 1 aromatic rings. The number of nitrogens with zero attached hydrogens (tertiary/aromatic N) is 3. The molecule has 0 spiro atoms. The van der Waals surface area contributed by atoms with Crippen LogP contribution >= 0.6 is 0 Å². The molecule has 0 aliphatic carbocycles. The number of halogens is 3. The minimum absolute atomic E-state index is 0.0359.